The Kier molecular flexibility index (Phi) is 2.75. The molecule has 0 unspecified atom stereocenters. The number of ether oxygens (including phenoxy) is 1. The van der Waals surface area contributed by atoms with Gasteiger partial charge in [-0.2, -0.15) is 0 Å². The molecule has 0 N–H and O–H groups in total. The SMILES string of the molecule is CCC1=C(OC)C=C[C@@H](C)C1. The van der Waals surface area contributed by atoms with Crippen LogP contribution in [-0.2, 0) is 4.74 Å². The molecule has 1 atom stereocenters. The molecule has 0 spiro atoms. The lowest BCUT2D eigenvalue weighted by Gasteiger charge is -2.17. The van der Waals surface area contributed by atoms with Crippen molar-refractivity contribution in [1.82, 2.24) is 0 Å². The Bertz CT molecular complexity index is 189. The van der Waals surface area contributed by atoms with Crippen molar-refractivity contribution in [2.24, 2.45) is 5.92 Å². The van der Waals surface area contributed by atoms with E-state index in [0.717, 1.165) is 18.6 Å². The number of rotatable bonds is 2. The summed E-state index contributed by atoms with van der Waals surface area (Å²) in [6.07, 6.45) is 6.57. The van der Waals surface area contributed by atoms with Crippen molar-refractivity contribution in [2.75, 3.05) is 7.11 Å². The monoisotopic (exact) mass is 152 g/mol. The fraction of sp³-hybridized carbons (Fsp3) is 0.600. The van der Waals surface area contributed by atoms with Gasteiger partial charge in [-0.05, 0) is 30.4 Å². The van der Waals surface area contributed by atoms with Crippen LogP contribution in [0.5, 0.6) is 0 Å². The highest BCUT2D eigenvalue weighted by atomic mass is 16.5. The maximum Gasteiger partial charge on any atom is 0.117 e. The fourth-order valence-electron chi connectivity index (χ4n) is 1.46. The highest BCUT2D eigenvalue weighted by Gasteiger charge is 2.11. The van der Waals surface area contributed by atoms with Crippen molar-refractivity contribution >= 4 is 0 Å². The normalized spacial score (nSPS) is 24.1. The van der Waals surface area contributed by atoms with Crippen LogP contribution < -0.4 is 0 Å². The lowest BCUT2D eigenvalue weighted by Crippen LogP contribution is -2.02. The van der Waals surface area contributed by atoms with Gasteiger partial charge in [0.25, 0.3) is 0 Å². The molecule has 0 aromatic rings. The van der Waals surface area contributed by atoms with Crippen LogP contribution in [0.2, 0.25) is 0 Å². The predicted octanol–water partition coefficient (Wildman–Crippen LogP) is 2.89. The summed E-state index contributed by atoms with van der Waals surface area (Å²) in [6, 6.07) is 0. The van der Waals surface area contributed by atoms with E-state index in [1.807, 2.05) is 0 Å². The van der Waals surface area contributed by atoms with Crippen LogP contribution in [0.15, 0.2) is 23.5 Å². The highest BCUT2D eigenvalue weighted by Crippen LogP contribution is 2.25. The zero-order valence-corrected chi connectivity index (χ0v) is 7.55. The lowest BCUT2D eigenvalue weighted by atomic mass is 9.93. The van der Waals surface area contributed by atoms with Crippen LogP contribution in [-0.4, -0.2) is 7.11 Å². The van der Waals surface area contributed by atoms with Gasteiger partial charge in [-0.1, -0.05) is 19.9 Å². The lowest BCUT2D eigenvalue weighted by molar-refractivity contribution is 0.295. The predicted molar refractivity (Wildman–Crippen MR) is 47.2 cm³/mol. The van der Waals surface area contributed by atoms with E-state index < -0.39 is 0 Å². The van der Waals surface area contributed by atoms with Gasteiger partial charge in [0.15, 0.2) is 0 Å². The maximum absolute atomic E-state index is 5.24. The second-order valence-corrected chi connectivity index (χ2v) is 3.07. The van der Waals surface area contributed by atoms with Crippen LogP contribution in [0.4, 0.5) is 0 Å². The molecule has 1 aliphatic carbocycles. The van der Waals surface area contributed by atoms with Gasteiger partial charge in [0.1, 0.15) is 5.76 Å². The summed E-state index contributed by atoms with van der Waals surface area (Å²) in [5.74, 6) is 1.76. The minimum atomic E-state index is 0.684. The van der Waals surface area contributed by atoms with Crippen LogP contribution in [0.3, 0.4) is 0 Å². The molecule has 0 radical (unpaired) electrons. The summed E-state index contributed by atoms with van der Waals surface area (Å²) in [7, 11) is 1.74. The van der Waals surface area contributed by atoms with E-state index in [4.69, 9.17) is 4.74 Å². The van der Waals surface area contributed by atoms with Crippen molar-refractivity contribution in [1.29, 1.82) is 0 Å². The zero-order chi connectivity index (χ0) is 8.27. The average Bonchev–Trinajstić information content (AvgIpc) is 2.04. The molecular weight excluding hydrogens is 136 g/mol. The Labute approximate surface area is 68.8 Å². The Morgan fingerprint density at radius 1 is 1.64 bits per heavy atom. The summed E-state index contributed by atoms with van der Waals surface area (Å²) in [6.45, 7) is 4.42. The number of hydrogen-bond acceptors (Lipinski definition) is 1. The third kappa shape index (κ3) is 1.86. The topological polar surface area (TPSA) is 9.23 Å². The van der Waals surface area contributed by atoms with Crippen molar-refractivity contribution in [3.8, 4) is 0 Å². The molecular formula is C10H16O. The Hall–Kier alpha value is -0.720. The number of allylic oxidation sites excluding steroid dienone is 3. The third-order valence-corrected chi connectivity index (χ3v) is 2.14. The molecule has 62 valence electrons. The van der Waals surface area contributed by atoms with Crippen LogP contribution in [0, 0.1) is 5.92 Å². The molecule has 0 bridgehead atoms. The molecule has 1 aliphatic rings. The second-order valence-electron chi connectivity index (χ2n) is 3.07. The van der Waals surface area contributed by atoms with Crippen LogP contribution >= 0.6 is 0 Å². The van der Waals surface area contributed by atoms with Gasteiger partial charge >= 0.3 is 0 Å². The number of methoxy groups -OCH3 is 1. The average molecular weight is 152 g/mol. The quantitative estimate of drug-likeness (QED) is 0.591. The molecule has 1 nitrogen and oxygen atoms in total. The standard InChI is InChI=1S/C10H16O/c1-4-9-7-8(2)5-6-10(9)11-3/h5-6,8H,4,7H2,1-3H3/t8-/m1/s1. The molecule has 0 aromatic carbocycles. The van der Waals surface area contributed by atoms with E-state index in [2.05, 4.69) is 26.0 Å². The van der Waals surface area contributed by atoms with Crippen molar-refractivity contribution < 1.29 is 4.74 Å². The van der Waals surface area contributed by atoms with E-state index >= 15 is 0 Å². The molecule has 0 heterocycles. The van der Waals surface area contributed by atoms with Gasteiger partial charge in [0.2, 0.25) is 0 Å². The van der Waals surface area contributed by atoms with Gasteiger partial charge in [-0.15, -0.1) is 0 Å². The van der Waals surface area contributed by atoms with Crippen molar-refractivity contribution in [3.05, 3.63) is 23.5 Å². The van der Waals surface area contributed by atoms with Gasteiger partial charge in [0.05, 0.1) is 7.11 Å². The summed E-state index contributed by atoms with van der Waals surface area (Å²) >= 11 is 0. The molecule has 11 heavy (non-hydrogen) atoms. The van der Waals surface area contributed by atoms with E-state index in [-0.39, 0.29) is 0 Å². The molecule has 0 aromatic heterocycles. The van der Waals surface area contributed by atoms with Crippen molar-refractivity contribution in [2.45, 2.75) is 26.7 Å². The minimum absolute atomic E-state index is 0.684. The van der Waals surface area contributed by atoms with Gasteiger partial charge in [-0.25, -0.2) is 0 Å². The van der Waals surface area contributed by atoms with E-state index in [1.165, 1.54) is 5.57 Å². The van der Waals surface area contributed by atoms with Gasteiger partial charge in [0, 0.05) is 0 Å². The number of hydrogen-bond donors (Lipinski definition) is 0. The van der Waals surface area contributed by atoms with Crippen LogP contribution in [0.1, 0.15) is 26.7 Å². The highest BCUT2D eigenvalue weighted by molar-refractivity contribution is 5.25. The summed E-state index contributed by atoms with van der Waals surface area (Å²) in [4.78, 5) is 0. The molecule has 0 aliphatic heterocycles. The van der Waals surface area contributed by atoms with Crippen molar-refractivity contribution in [3.63, 3.8) is 0 Å². The molecule has 0 saturated carbocycles. The Morgan fingerprint density at radius 3 is 2.91 bits per heavy atom. The van der Waals surface area contributed by atoms with E-state index in [0.29, 0.717) is 5.92 Å². The minimum Gasteiger partial charge on any atom is -0.497 e. The first-order valence-corrected chi connectivity index (χ1v) is 4.22. The second kappa shape index (κ2) is 3.61. The molecule has 1 rings (SSSR count). The van der Waals surface area contributed by atoms with Gasteiger partial charge in [-0.3, -0.25) is 0 Å². The zero-order valence-electron chi connectivity index (χ0n) is 7.55. The third-order valence-electron chi connectivity index (χ3n) is 2.14. The molecule has 0 saturated heterocycles. The molecule has 0 fully saturated rings. The summed E-state index contributed by atoms with van der Waals surface area (Å²) in [5.41, 5.74) is 1.45. The summed E-state index contributed by atoms with van der Waals surface area (Å²) < 4.78 is 5.24. The molecule has 1 heteroatoms. The first-order chi connectivity index (χ1) is 5.27. The summed E-state index contributed by atoms with van der Waals surface area (Å²) in [5, 5.41) is 0. The van der Waals surface area contributed by atoms with E-state index in [9.17, 15) is 0 Å². The largest absolute Gasteiger partial charge is 0.497 e. The first-order valence-electron chi connectivity index (χ1n) is 4.22. The Balaban J connectivity index is 2.76. The first kappa shape index (κ1) is 8.38. The maximum atomic E-state index is 5.24. The fourth-order valence-corrected chi connectivity index (χ4v) is 1.46. The van der Waals surface area contributed by atoms with E-state index in [1.54, 1.807) is 7.11 Å². The smallest absolute Gasteiger partial charge is 0.117 e. The molecule has 0 amide bonds. The Morgan fingerprint density at radius 2 is 2.36 bits per heavy atom. The van der Waals surface area contributed by atoms with Crippen LogP contribution in [0.25, 0.3) is 0 Å². The van der Waals surface area contributed by atoms with Gasteiger partial charge < -0.3 is 4.74 Å².